The van der Waals surface area contributed by atoms with Gasteiger partial charge in [-0.15, -0.1) is 0 Å². The van der Waals surface area contributed by atoms with Crippen molar-refractivity contribution in [3.8, 4) is 5.75 Å². The van der Waals surface area contributed by atoms with E-state index in [1.165, 1.54) is 5.56 Å². The van der Waals surface area contributed by atoms with Crippen LogP contribution in [0.4, 0.5) is 0 Å². The van der Waals surface area contributed by atoms with Crippen LogP contribution < -0.4 is 4.74 Å². The van der Waals surface area contributed by atoms with Crippen molar-refractivity contribution in [2.24, 2.45) is 0 Å². The molecule has 0 aliphatic heterocycles. The van der Waals surface area contributed by atoms with Crippen molar-refractivity contribution >= 4 is 33.2 Å². The summed E-state index contributed by atoms with van der Waals surface area (Å²) in [7, 11) is 0. The third-order valence-corrected chi connectivity index (χ3v) is 5.45. The number of hydrogen-bond acceptors (Lipinski definition) is 2. The second-order valence-electron chi connectivity index (χ2n) is 6.45. The van der Waals surface area contributed by atoms with E-state index in [1.54, 1.807) is 0 Å². The monoisotopic (exact) mass is 387 g/mol. The minimum absolute atomic E-state index is 0.0376. The summed E-state index contributed by atoms with van der Waals surface area (Å²) in [6.45, 7) is 13.3. The number of hydrogen-bond donors (Lipinski definition) is 0. The molecule has 0 spiro atoms. The molecule has 0 fully saturated rings. The van der Waals surface area contributed by atoms with Crippen LogP contribution in [0.5, 0.6) is 5.75 Å². The smallest absolute Gasteiger partial charge is 0.146 e. The first-order valence-electron chi connectivity index (χ1n) is 7.51. The third kappa shape index (κ3) is 5.98. The molecule has 2 nitrogen and oxygen atoms in total. The normalized spacial score (nSPS) is 13.9. The van der Waals surface area contributed by atoms with Crippen molar-refractivity contribution in [1.29, 1.82) is 0 Å². The van der Waals surface area contributed by atoms with Gasteiger partial charge in [-0.2, -0.15) is 4.18 Å². The number of benzene rings is 1. The highest BCUT2D eigenvalue weighted by Crippen LogP contribution is 2.29. The van der Waals surface area contributed by atoms with Crippen LogP contribution in [0.15, 0.2) is 17.1 Å². The Morgan fingerprint density at radius 1 is 1.23 bits per heavy atom. The second-order valence-corrected chi connectivity index (χ2v) is 9.15. The van der Waals surface area contributed by atoms with Gasteiger partial charge < -0.3 is 4.74 Å². The van der Waals surface area contributed by atoms with Gasteiger partial charge in [0.2, 0.25) is 0 Å². The zero-order valence-electron chi connectivity index (χ0n) is 14.7. The van der Waals surface area contributed by atoms with Gasteiger partial charge in [0, 0.05) is 0 Å². The molecule has 0 heterocycles. The molecule has 0 aliphatic rings. The predicted octanol–water partition coefficient (Wildman–Crippen LogP) is 5.41. The quantitative estimate of drug-likeness (QED) is 0.581. The van der Waals surface area contributed by atoms with Crippen LogP contribution in [0.1, 0.15) is 44.4 Å². The molecule has 22 heavy (non-hydrogen) atoms. The molecule has 0 bridgehead atoms. The third-order valence-electron chi connectivity index (χ3n) is 3.37. The Kier molecular flexibility index (Phi) is 7.50. The van der Waals surface area contributed by atoms with Gasteiger partial charge in [0.1, 0.15) is 40.6 Å². The molecule has 0 aromatic heterocycles. The molecule has 0 N–H and O–H groups in total. The molecule has 1 aromatic carbocycles. The number of ether oxygens (including phenoxy) is 1. The molecular weight excluding hydrogens is 360 g/mol. The second kappa shape index (κ2) is 8.42. The highest BCUT2D eigenvalue weighted by molar-refractivity contribution is 9.11. The van der Waals surface area contributed by atoms with Gasteiger partial charge in [-0.05, 0) is 81.4 Å². The van der Waals surface area contributed by atoms with Crippen LogP contribution in [0.3, 0.4) is 0 Å². The first kappa shape index (κ1) is 19.6. The van der Waals surface area contributed by atoms with E-state index >= 15 is 0 Å². The zero-order chi connectivity index (χ0) is 16.9. The Morgan fingerprint density at radius 3 is 2.23 bits per heavy atom. The number of rotatable bonds is 7. The van der Waals surface area contributed by atoms with Gasteiger partial charge in [0.05, 0.1) is 0 Å². The van der Waals surface area contributed by atoms with E-state index in [1.807, 2.05) is 11.1 Å². The summed E-state index contributed by atoms with van der Waals surface area (Å²) in [6.07, 6.45) is 4.17. The fraction of sp³-hybridized carbons (Fsp3) is 0.556. The zero-order valence-corrected chi connectivity index (χ0v) is 17.1. The molecule has 0 saturated heterocycles. The van der Waals surface area contributed by atoms with Crippen LogP contribution in [-0.4, -0.2) is 23.7 Å². The fourth-order valence-corrected chi connectivity index (χ4v) is 3.04. The molecule has 124 valence electrons. The Morgan fingerprint density at radius 2 is 1.77 bits per heavy atom. The summed E-state index contributed by atoms with van der Waals surface area (Å²) in [5, 5.41) is 0.537. The average molecular weight is 388 g/mol. The maximum atomic E-state index is 6.27. The summed E-state index contributed by atoms with van der Waals surface area (Å²) < 4.78 is 12.2. The van der Waals surface area contributed by atoms with Crippen LogP contribution in [-0.2, 0) is 15.4 Å². The Bertz CT molecular complexity index is 501. The van der Waals surface area contributed by atoms with E-state index in [0.717, 1.165) is 16.9 Å². The molecule has 1 atom stereocenters. The maximum Gasteiger partial charge on any atom is 0.146 e. The Labute approximate surface area is 147 Å². The first-order chi connectivity index (χ1) is 10.2. The molecular formula is C18H28BrO2S+. The van der Waals surface area contributed by atoms with Gasteiger partial charge in [0.25, 0.3) is 0 Å². The largest absolute Gasteiger partial charge is 0.485 e. The van der Waals surface area contributed by atoms with Gasteiger partial charge >= 0.3 is 0 Å². The van der Waals surface area contributed by atoms with Crippen molar-refractivity contribution in [3.63, 3.8) is 0 Å². The van der Waals surface area contributed by atoms with Gasteiger partial charge in [-0.1, -0.05) is 15.9 Å². The molecule has 0 aliphatic carbocycles. The van der Waals surface area contributed by atoms with E-state index in [2.05, 4.69) is 75.9 Å². The minimum atomic E-state index is -0.349. The lowest BCUT2D eigenvalue weighted by Crippen LogP contribution is -2.36. The van der Waals surface area contributed by atoms with Crippen molar-refractivity contribution < 1.29 is 8.92 Å². The number of aryl methyl sites for hydroxylation is 2. The SMILES string of the molecule is Cc1cc(/C=C/Br)cc(C)c1OC(C)(C)CO[S+](C)C(C)C. The van der Waals surface area contributed by atoms with E-state index in [4.69, 9.17) is 8.92 Å². The molecule has 4 heteroatoms. The van der Waals surface area contributed by atoms with Gasteiger partial charge in [0.15, 0.2) is 0 Å². The standard InChI is InChI=1S/C18H28BrO2S/c1-13(2)22(7)20-12-18(5,6)21-17-14(3)10-16(8-9-19)11-15(17)4/h8-11,13H,12H2,1-7H3/q+1/b9-8+. The molecule has 0 saturated carbocycles. The minimum Gasteiger partial charge on any atom is -0.485 e. The lowest BCUT2D eigenvalue weighted by Gasteiger charge is -2.27. The lowest BCUT2D eigenvalue weighted by atomic mass is 10.0. The molecule has 1 rings (SSSR count). The summed E-state index contributed by atoms with van der Waals surface area (Å²) in [5.41, 5.74) is 3.11. The molecule has 0 amide bonds. The highest BCUT2D eigenvalue weighted by Gasteiger charge is 2.28. The lowest BCUT2D eigenvalue weighted by molar-refractivity contribution is 0.0573. The van der Waals surface area contributed by atoms with Crippen molar-refractivity contribution in [2.45, 2.75) is 52.4 Å². The van der Waals surface area contributed by atoms with Crippen molar-refractivity contribution in [3.05, 3.63) is 33.8 Å². The molecule has 1 aromatic rings. The average Bonchev–Trinajstić information content (AvgIpc) is 2.40. The Balaban J connectivity index is 2.84. The van der Waals surface area contributed by atoms with Crippen LogP contribution in [0, 0.1) is 13.8 Å². The predicted molar refractivity (Wildman–Crippen MR) is 103 cm³/mol. The summed E-state index contributed by atoms with van der Waals surface area (Å²) in [5.74, 6) is 0.959. The Hall–Kier alpha value is -0.450. The van der Waals surface area contributed by atoms with Gasteiger partial charge in [-0.25, -0.2) is 0 Å². The van der Waals surface area contributed by atoms with E-state index in [9.17, 15) is 0 Å². The molecule has 1 unspecified atom stereocenters. The highest BCUT2D eigenvalue weighted by atomic mass is 79.9. The van der Waals surface area contributed by atoms with E-state index < -0.39 is 0 Å². The summed E-state index contributed by atoms with van der Waals surface area (Å²) in [6, 6.07) is 4.27. The van der Waals surface area contributed by atoms with Crippen molar-refractivity contribution in [2.75, 3.05) is 12.9 Å². The van der Waals surface area contributed by atoms with Gasteiger partial charge in [-0.3, -0.25) is 0 Å². The van der Waals surface area contributed by atoms with Crippen LogP contribution in [0.25, 0.3) is 6.08 Å². The topological polar surface area (TPSA) is 18.5 Å². The fourth-order valence-electron chi connectivity index (χ4n) is 1.99. The maximum absolute atomic E-state index is 6.27. The molecule has 0 radical (unpaired) electrons. The van der Waals surface area contributed by atoms with E-state index in [0.29, 0.717) is 11.9 Å². The summed E-state index contributed by atoms with van der Waals surface area (Å²) >= 11 is 3.28. The van der Waals surface area contributed by atoms with E-state index in [-0.39, 0.29) is 16.8 Å². The summed E-state index contributed by atoms with van der Waals surface area (Å²) in [4.78, 5) is 1.87. The van der Waals surface area contributed by atoms with Crippen molar-refractivity contribution in [1.82, 2.24) is 0 Å². The number of halogens is 1. The van der Waals surface area contributed by atoms with Crippen LogP contribution >= 0.6 is 15.9 Å². The van der Waals surface area contributed by atoms with Crippen LogP contribution in [0.2, 0.25) is 0 Å². The first-order valence-corrected chi connectivity index (χ1v) is 10.0.